The van der Waals surface area contributed by atoms with Gasteiger partial charge in [0, 0.05) is 23.1 Å². The molecule has 4 rings (SSSR count). The normalized spacial score (nSPS) is 15.9. The molecular weight excluding hydrogens is 302 g/mol. The summed E-state index contributed by atoms with van der Waals surface area (Å²) in [6.45, 7) is 4.92. The van der Waals surface area contributed by atoms with E-state index in [1.165, 1.54) is 0 Å². The van der Waals surface area contributed by atoms with E-state index < -0.39 is 0 Å². The summed E-state index contributed by atoms with van der Waals surface area (Å²) < 4.78 is 5.19. The molecule has 0 radical (unpaired) electrons. The molecule has 3 aromatic rings. The number of nitrogens with zero attached hydrogens (tertiary/aromatic N) is 1. The van der Waals surface area contributed by atoms with E-state index in [4.69, 9.17) is 4.74 Å². The number of hydrogen-bond acceptors (Lipinski definition) is 3. The standard InChI is InChI=1S/C19H19N3O2/c1-19(2)10-20-18(23)13-8-15-16(9-14(13)19)22-17(21-15)11-4-6-12(24-3)7-5-11/h4-9H,10H2,1-3H3,(H,20,23)(H,21,22). The van der Waals surface area contributed by atoms with Gasteiger partial charge in [-0.3, -0.25) is 4.79 Å². The number of ether oxygens (including phenoxy) is 1. The predicted molar refractivity (Wildman–Crippen MR) is 93.4 cm³/mol. The zero-order valence-corrected chi connectivity index (χ0v) is 13.9. The van der Waals surface area contributed by atoms with Crippen LogP contribution in [0.3, 0.4) is 0 Å². The van der Waals surface area contributed by atoms with Crippen molar-refractivity contribution in [2.75, 3.05) is 13.7 Å². The maximum atomic E-state index is 12.2. The van der Waals surface area contributed by atoms with Gasteiger partial charge in [-0.2, -0.15) is 0 Å². The van der Waals surface area contributed by atoms with Crippen LogP contribution in [0.5, 0.6) is 5.75 Å². The number of carbonyl (C=O) groups is 1. The van der Waals surface area contributed by atoms with Crippen LogP contribution >= 0.6 is 0 Å². The number of hydrogen-bond donors (Lipinski definition) is 2. The molecule has 0 saturated carbocycles. The maximum Gasteiger partial charge on any atom is 0.251 e. The number of H-pyrrole nitrogens is 1. The van der Waals surface area contributed by atoms with Gasteiger partial charge in [-0.1, -0.05) is 13.8 Å². The molecule has 1 aliphatic heterocycles. The minimum absolute atomic E-state index is 0.0276. The Labute approximate surface area is 140 Å². The van der Waals surface area contributed by atoms with Crippen LogP contribution in [-0.2, 0) is 5.41 Å². The first-order valence-corrected chi connectivity index (χ1v) is 7.95. The monoisotopic (exact) mass is 321 g/mol. The molecule has 0 aliphatic carbocycles. The van der Waals surface area contributed by atoms with Crippen LogP contribution in [0.2, 0.25) is 0 Å². The molecule has 1 amide bonds. The first-order valence-electron chi connectivity index (χ1n) is 7.95. The first kappa shape index (κ1) is 14.8. The number of benzene rings is 2. The molecule has 24 heavy (non-hydrogen) atoms. The third-order valence-electron chi connectivity index (χ3n) is 4.65. The van der Waals surface area contributed by atoms with Crippen molar-refractivity contribution in [2.24, 2.45) is 0 Å². The molecule has 5 nitrogen and oxygen atoms in total. The first-order chi connectivity index (χ1) is 11.5. The van der Waals surface area contributed by atoms with Crippen LogP contribution < -0.4 is 10.1 Å². The second-order valence-corrected chi connectivity index (χ2v) is 6.80. The zero-order valence-electron chi connectivity index (χ0n) is 13.9. The molecule has 2 aromatic carbocycles. The van der Waals surface area contributed by atoms with Crippen LogP contribution in [0.15, 0.2) is 36.4 Å². The van der Waals surface area contributed by atoms with Crippen molar-refractivity contribution in [3.8, 4) is 17.1 Å². The van der Waals surface area contributed by atoms with Crippen molar-refractivity contribution in [1.29, 1.82) is 0 Å². The number of methoxy groups -OCH3 is 1. The van der Waals surface area contributed by atoms with Gasteiger partial charge in [0.05, 0.1) is 18.1 Å². The molecule has 122 valence electrons. The Morgan fingerprint density at radius 2 is 1.92 bits per heavy atom. The van der Waals surface area contributed by atoms with E-state index in [-0.39, 0.29) is 11.3 Å². The van der Waals surface area contributed by atoms with Gasteiger partial charge in [-0.05, 0) is 42.0 Å². The molecular formula is C19H19N3O2. The van der Waals surface area contributed by atoms with Crippen molar-refractivity contribution in [3.05, 3.63) is 47.5 Å². The largest absolute Gasteiger partial charge is 0.497 e. The Kier molecular flexibility index (Phi) is 3.13. The van der Waals surface area contributed by atoms with Crippen LogP contribution in [0.1, 0.15) is 29.8 Å². The summed E-state index contributed by atoms with van der Waals surface area (Å²) in [7, 11) is 1.65. The molecule has 1 aliphatic rings. The molecule has 0 saturated heterocycles. The highest BCUT2D eigenvalue weighted by atomic mass is 16.5. The molecule has 0 atom stereocenters. The van der Waals surface area contributed by atoms with E-state index >= 15 is 0 Å². The van der Waals surface area contributed by atoms with Crippen molar-refractivity contribution in [3.63, 3.8) is 0 Å². The summed E-state index contributed by atoms with van der Waals surface area (Å²) in [6, 6.07) is 11.7. The van der Waals surface area contributed by atoms with Crippen molar-refractivity contribution >= 4 is 16.9 Å². The van der Waals surface area contributed by atoms with E-state index in [9.17, 15) is 4.79 Å². The van der Waals surface area contributed by atoms with Crippen LogP contribution in [0.25, 0.3) is 22.4 Å². The smallest absolute Gasteiger partial charge is 0.251 e. The fraction of sp³-hybridized carbons (Fsp3) is 0.263. The maximum absolute atomic E-state index is 12.2. The average Bonchev–Trinajstić information content (AvgIpc) is 3.01. The molecule has 0 unspecified atom stereocenters. The van der Waals surface area contributed by atoms with Gasteiger partial charge >= 0.3 is 0 Å². The summed E-state index contributed by atoms with van der Waals surface area (Å²) in [6.07, 6.45) is 0. The van der Waals surface area contributed by atoms with Gasteiger partial charge in [0.15, 0.2) is 0 Å². The number of carbonyl (C=O) groups excluding carboxylic acids is 1. The summed E-state index contributed by atoms with van der Waals surface area (Å²) in [5.74, 6) is 1.57. The second-order valence-electron chi connectivity index (χ2n) is 6.80. The van der Waals surface area contributed by atoms with Crippen LogP contribution in [0.4, 0.5) is 0 Å². The summed E-state index contributed by atoms with van der Waals surface area (Å²) in [5.41, 5.74) is 4.40. The van der Waals surface area contributed by atoms with Crippen molar-refractivity contribution in [1.82, 2.24) is 15.3 Å². The van der Waals surface area contributed by atoms with Crippen molar-refractivity contribution in [2.45, 2.75) is 19.3 Å². The lowest BCUT2D eigenvalue weighted by molar-refractivity contribution is 0.0930. The van der Waals surface area contributed by atoms with E-state index in [0.717, 1.165) is 33.7 Å². The molecule has 0 spiro atoms. The van der Waals surface area contributed by atoms with Gasteiger partial charge < -0.3 is 15.0 Å². The quantitative estimate of drug-likeness (QED) is 0.761. The number of aromatic amines is 1. The summed E-state index contributed by atoms with van der Waals surface area (Å²) in [5, 5.41) is 2.95. The van der Waals surface area contributed by atoms with Gasteiger partial charge in [0.2, 0.25) is 0 Å². The highest BCUT2D eigenvalue weighted by Gasteiger charge is 2.32. The highest BCUT2D eigenvalue weighted by Crippen LogP contribution is 2.33. The molecule has 2 N–H and O–H groups in total. The number of rotatable bonds is 2. The Morgan fingerprint density at radius 3 is 2.62 bits per heavy atom. The number of amides is 1. The van der Waals surface area contributed by atoms with Gasteiger partial charge in [-0.15, -0.1) is 0 Å². The van der Waals surface area contributed by atoms with Gasteiger partial charge in [0.25, 0.3) is 5.91 Å². The lowest BCUT2D eigenvalue weighted by Crippen LogP contribution is -2.43. The molecule has 0 bridgehead atoms. The minimum Gasteiger partial charge on any atom is -0.497 e. The Hall–Kier alpha value is -2.82. The lowest BCUT2D eigenvalue weighted by Gasteiger charge is -2.32. The fourth-order valence-electron chi connectivity index (χ4n) is 3.18. The average molecular weight is 321 g/mol. The third kappa shape index (κ3) is 2.24. The Bertz CT molecular complexity index is 939. The second kappa shape index (κ2) is 5.09. The molecule has 5 heteroatoms. The molecule has 2 heterocycles. The zero-order chi connectivity index (χ0) is 16.9. The number of fused-ring (bicyclic) bond motifs is 2. The van der Waals surface area contributed by atoms with Gasteiger partial charge in [0.1, 0.15) is 11.6 Å². The number of aromatic nitrogens is 2. The predicted octanol–water partition coefficient (Wildman–Crippen LogP) is 3.26. The Morgan fingerprint density at radius 1 is 1.17 bits per heavy atom. The van der Waals surface area contributed by atoms with Crippen molar-refractivity contribution < 1.29 is 9.53 Å². The number of nitrogens with one attached hydrogen (secondary N) is 2. The SMILES string of the molecule is COc1ccc(-c2nc3cc4c(cc3[nH]2)C(C)(C)CNC4=O)cc1. The lowest BCUT2D eigenvalue weighted by atomic mass is 9.79. The van der Waals surface area contributed by atoms with Crippen LogP contribution in [-0.4, -0.2) is 29.5 Å². The Balaban J connectivity index is 1.85. The van der Waals surface area contributed by atoms with Crippen LogP contribution in [0, 0.1) is 0 Å². The number of imidazole rings is 1. The summed E-state index contributed by atoms with van der Waals surface area (Å²) >= 11 is 0. The topological polar surface area (TPSA) is 67.0 Å². The van der Waals surface area contributed by atoms with Gasteiger partial charge in [-0.25, -0.2) is 4.98 Å². The highest BCUT2D eigenvalue weighted by molar-refractivity contribution is 6.01. The fourth-order valence-corrected chi connectivity index (χ4v) is 3.18. The molecule has 0 fully saturated rings. The minimum atomic E-state index is -0.0944. The summed E-state index contributed by atoms with van der Waals surface area (Å²) in [4.78, 5) is 20.2. The van der Waals surface area contributed by atoms with E-state index in [2.05, 4.69) is 35.2 Å². The van der Waals surface area contributed by atoms with E-state index in [1.54, 1.807) is 7.11 Å². The molecule has 1 aromatic heterocycles. The third-order valence-corrected chi connectivity index (χ3v) is 4.65. The van der Waals surface area contributed by atoms with E-state index in [0.29, 0.717) is 12.1 Å². The van der Waals surface area contributed by atoms with E-state index in [1.807, 2.05) is 30.3 Å².